The minimum atomic E-state index is -0.332. The van der Waals surface area contributed by atoms with E-state index in [0.29, 0.717) is 12.3 Å². The van der Waals surface area contributed by atoms with Crippen LogP contribution in [-0.4, -0.2) is 24.3 Å². The van der Waals surface area contributed by atoms with Gasteiger partial charge in [-0.2, -0.15) is 0 Å². The molecule has 0 atom stereocenters. The molecule has 0 aliphatic carbocycles. The molecule has 0 bridgehead atoms. The van der Waals surface area contributed by atoms with Gasteiger partial charge in [0, 0.05) is 18.0 Å². The van der Waals surface area contributed by atoms with Crippen molar-refractivity contribution >= 4 is 16.9 Å². The molecular weight excluding hydrogens is 218 g/mol. The maximum Gasteiger partial charge on any atom is 0.354 e. The molecule has 0 spiro atoms. The first-order valence-corrected chi connectivity index (χ1v) is 5.48. The third-order valence-electron chi connectivity index (χ3n) is 2.72. The number of nitrogens with zero attached hydrogens (tertiary/aromatic N) is 1. The number of aromatic nitrogens is 1. The van der Waals surface area contributed by atoms with Crippen LogP contribution in [0.1, 0.15) is 17.4 Å². The van der Waals surface area contributed by atoms with Crippen molar-refractivity contribution in [1.29, 1.82) is 0 Å². The molecule has 0 N–H and O–H groups in total. The Morgan fingerprint density at radius 2 is 2.12 bits per heavy atom. The van der Waals surface area contributed by atoms with Gasteiger partial charge in [0.1, 0.15) is 11.4 Å². The molecule has 0 saturated heterocycles. The quantitative estimate of drug-likeness (QED) is 0.764. The van der Waals surface area contributed by atoms with E-state index in [1.54, 1.807) is 0 Å². The molecule has 0 saturated carbocycles. The van der Waals surface area contributed by atoms with Gasteiger partial charge in [-0.15, -0.1) is 0 Å². The van der Waals surface area contributed by atoms with Crippen LogP contribution in [0.5, 0.6) is 5.75 Å². The van der Waals surface area contributed by atoms with Crippen molar-refractivity contribution in [3.63, 3.8) is 0 Å². The minimum absolute atomic E-state index is 0.332. The van der Waals surface area contributed by atoms with E-state index in [1.807, 2.05) is 42.8 Å². The normalized spacial score (nSPS) is 10.5. The lowest BCUT2D eigenvalue weighted by Gasteiger charge is -2.03. The molecule has 1 aromatic heterocycles. The van der Waals surface area contributed by atoms with E-state index in [2.05, 4.69) is 0 Å². The lowest BCUT2D eigenvalue weighted by Crippen LogP contribution is -2.06. The zero-order valence-electron chi connectivity index (χ0n) is 10.2. The number of hydrogen-bond donors (Lipinski definition) is 0. The average Bonchev–Trinajstić information content (AvgIpc) is 2.66. The summed E-state index contributed by atoms with van der Waals surface area (Å²) in [5, 5.41) is 0.971. The summed E-state index contributed by atoms with van der Waals surface area (Å²) in [6, 6.07) is 7.56. The molecule has 0 fully saturated rings. The molecule has 2 aromatic rings. The summed E-state index contributed by atoms with van der Waals surface area (Å²) in [4.78, 5) is 11.5. The highest BCUT2D eigenvalue weighted by Gasteiger charge is 2.13. The predicted molar refractivity (Wildman–Crippen MR) is 65.4 cm³/mol. The molecule has 2 rings (SSSR count). The molecule has 0 amide bonds. The van der Waals surface area contributed by atoms with Crippen LogP contribution in [0.25, 0.3) is 10.9 Å². The number of methoxy groups -OCH3 is 1. The Morgan fingerprint density at radius 3 is 2.76 bits per heavy atom. The topological polar surface area (TPSA) is 40.5 Å². The second-order valence-corrected chi connectivity index (χ2v) is 3.73. The Bertz CT molecular complexity index is 557. The average molecular weight is 233 g/mol. The van der Waals surface area contributed by atoms with Crippen LogP contribution in [0.3, 0.4) is 0 Å². The molecular formula is C13H15NO3. The Labute approximate surface area is 99.7 Å². The molecule has 4 heteroatoms. The van der Waals surface area contributed by atoms with Crippen molar-refractivity contribution in [3.05, 3.63) is 30.0 Å². The lowest BCUT2D eigenvalue weighted by molar-refractivity contribution is 0.0590. The van der Waals surface area contributed by atoms with Crippen LogP contribution in [0, 0.1) is 0 Å². The van der Waals surface area contributed by atoms with Crippen molar-refractivity contribution < 1.29 is 14.3 Å². The largest absolute Gasteiger partial charge is 0.494 e. The van der Waals surface area contributed by atoms with E-state index in [-0.39, 0.29) is 5.97 Å². The maximum absolute atomic E-state index is 11.5. The Hall–Kier alpha value is -1.97. The highest BCUT2D eigenvalue weighted by atomic mass is 16.5. The van der Waals surface area contributed by atoms with Crippen LogP contribution in [0.2, 0.25) is 0 Å². The van der Waals surface area contributed by atoms with Gasteiger partial charge < -0.3 is 14.0 Å². The van der Waals surface area contributed by atoms with Gasteiger partial charge in [0.25, 0.3) is 0 Å². The number of esters is 1. The smallest absolute Gasteiger partial charge is 0.354 e. The van der Waals surface area contributed by atoms with Crippen molar-refractivity contribution in [2.24, 2.45) is 7.05 Å². The van der Waals surface area contributed by atoms with E-state index in [0.717, 1.165) is 16.7 Å². The van der Waals surface area contributed by atoms with E-state index in [9.17, 15) is 4.79 Å². The molecule has 17 heavy (non-hydrogen) atoms. The van der Waals surface area contributed by atoms with Crippen LogP contribution < -0.4 is 4.74 Å². The van der Waals surface area contributed by atoms with Gasteiger partial charge in [-0.3, -0.25) is 0 Å². The SMILES string of the molecule is CCOc1ccc2c(c1)cc(C(=O)OC)n2C. The summed E-state index contributed by atoms with van der Waals surface area (Å²) in [5.41, 5.74) is 1.52. The van der Waals surface area contributed by atoms with Crippen molar-refractivity contribution in [1.82, 2.24) is 4.57 Å². The van der Waals surface area contributed by atoms with Gasteiger partial charge in [0.15, 0.2) is 0 Å². The van der Waals surface area contributed by atoms with Crippen LogP contribution in [0.4, 0.5) is 0 Å². The van der Waals surface area contributed by atoms with Crippen molar-refractivity contribution in [2.75, 3.05) is 13.7 Å². The molecule has 90 valence electrons. The molecule has 0 aliphatic heterocycles. The fourth-order valence-corrected chi connectivity index (χ4v) is 1.88. The molecule has 1 heterocycles. The second kappa shape index (κ2) is 4.49. The molecule has 4 nitrogen and oxygen atoms in total. The fourth-order valence-electron chi connectivity index (χ4n) is 1.88. The van der Waals surface area contributed by atoms with E-state index in [4.69, 9.17) is 9.47 Å². The van der Waals surface area contributed by atoms with Gasteiger partial charge in [-0.05, 0) is 31.2 Å². The van der Waals surface area contributed by atoms with Gasteiger partial charge in [-0.1, -0.05) is 0 Å². The summed E-state index contributed by atoms with van der Waals surface area (Å²) in [6.45, 7) is 2.57. The molecule has 1 aromatic carbocycles. The minimum Gasteiger partial charge on any atom is -0.494 e. The number of benzene rings is 1. The number of ether oxygens (including phenoxy) is 2. The third kappa shape index (κ3) is 1.98. The van der Waals surface area contributed by atoms with E-state index >= 15 is 0 Å². The highest BCUT2D eigenvalue weighted by Crippen LogP contribution is 2.24. The first-order valence-electron chi connectivity index (χ1n) is 5.48. The molecule has 0 unspecified atom stereocenters. The van der Waals surface area contributed by atoms with Crippen LogP contribution >= 0.6 is 0 Å². The first-order chi connectivity index (χ1) is 8.17. The number of hydrogen-bond acceptors (Lipinski definition) is 3. The zero-order chi connectivity index (χ0) is 12.4. The van der Waals surface area contributed by atoms with Crippen molar-refractivity contribution in [3.8, 4) is 5.75 Å². The predicted octanol–water partition coefficient (Wildman–Crippen LogP) is 2.36. The Balaban J connectivity index is 2.53. The second-order valence-electron chi connectivity index (χ2n) is 3.73. The molecule has 0 aliphatic rings. The Morgan fingerprint density at radius 1 is 1.35 bits per heavy atom. The van der Waals surface area contributed by atoms with Gasteiger partial charge in [0.05, 0.1) is 13.7 Å². The number of carbonyl (C=O) groups excluding carboxylic acids is 1. The maximum atomic E-state index is 11.5. The standard InChI is InChI=1S/C13H15NO3/c1-4-17-10-5-6-11-9(7-10)8-12(14(11)2)13(15)16-3/h5-8H,4H2,1-3H3. The number of fused-ring (bicyclic) bond motifs is 1. The monoisotopic (exact) mass is 233 g/mol. The summed E-state index contributed by atoms with van der Waals surface area (Å²) >= 11 is 0. The lowest BCUT2D eigenvalue weighted by atomic mass is 10.2. The number of carbonyl (C=O) groups is 1. The first kappa shape index (κ1) is 11.5. The summed E-state index contributed by atoms with van der Waals surface area (Å²) in [5.74, 6) is 0.476. The number of rotatable bonds is 3. The van der Waals surface area contributed by atoms with E-state index in [1.165, 1.54) is 7.11 Å². The third-order valence-corrected chi connectivity index (χ3v) is 2.72. The van der Waals surface area contributed by atoms with Gasteiger partial charge in [0.2, 0.25) is 0 Å². The zero-order valence-corrected chi connectivity index (χ0v) is 10.2. The van der Waals surface area contributed by atoms with E-state index < -0.39 is 0 Å². The number of aryl methyl sites for hydroxylation is 1. The van der Waals surface area contributed by atoms with Crippen molar-refractivity contribution in [2.45, 2.75) is 6.92 Å². The summed E-state index contributed by atoms with van der Waals surface area (Å²) < 4.78 is 12.0. The van der Waals surface area contributed by atoms with Crippen LogP contribution in [-0.2, 0) is 11.8 Å². The summed E-state index contributed by atoms with van der Waals surface area (Å²) in [6.07, 6.45) is 0. The molecule has 0 radical (unpaired) electrons. The highest BCUT2D eigenvalue weighted by molar-refractivity contribution is 5.95. The van der Waals surface area contributed by atoms with Crippen LogP contribution in [0.15, 0.2) is 24.3 Å². The van der Waals surface area contributed by atoms with Gasteiger partial charge in [-0.25, -0.2) is 4.79 Å². The fraction of sp³-hybridized carbons (Fsp3) is 0.308. The van der Waals surface area contributed by atoms with Gasteiger partial charge >= 0.3 is 5.97 Å². The summed E-state index contributed by atoms with van der Waals surface area (Å²) in [7, 11) is 3.22. The Kier molecular flexibility index (Phi) is 3.04.